The number of anilines is 6. The summed E-state index contributed by atoms with van der Waals surface area (Å²) in [5, 5.41) is 58.0. The van der Waals surface area contributed by atoms with Crippen LogP contribution in [-0.2, 0) is 19.2 Å². The maximum absolute atomic E-state index is 12.6. The van der Waals surface area contributed by atoms with Crippen molar-refractivity contribution in [3.63, 3.8) is 0 Å². The van der Waals surface area contributed by atoms with Crippen molar-refractivity contribution >= 4 is 150 Å². The summed E-state index contributed by atoms with van der Waals surface area (Å²) >= 11 is 0. The molecule has 0 unspecified atom stereocenters. The van der Waals surface area contributed by atoms with Gasteiger partial charge in [-0.15, -0.1) is 0 Å². The van der Waals surface area contributed by atoms with Crippen LogP contribution in [0.1, 0.15) is 106 Å². The number of hydrogen-bond acceptors (Lipinski definition) is 36. The molecule has 8 bridgehead atoms. The molecule has 18 rings (SSSR count). The number of piperazine rings is 2. The molecule has 0 spiro atoms. The van der Waals surface area contributed by atoms with E-state index in [1.165, 1.54) is 39.5 Å². The van der Waals surface area contributed by atoms with Gasteiger partial charge in [0.05, 0.1) is 133 Å². The molecule has 0 saturated carbocycles. The number of hydrogen-bond donors (Lipinski definition) is 12. The van der Waals surface area contributed by atoms with Crippen molar-refractivity contribution < 1.29 is 77.5 Å². The van der Waals surface area contributed by atoms with Gasteiger partial charge >= 0.3 is 0 Å². The highest BCUT2D eigenvalue weighted by Gasteiger charge is 2.28. The first-order valence-electron chi connectivity index (χ1n) is 48.0. The standard InChI is InChI=1S/2C26H34N8O3.C24H30N6O5.C23H28N6O5/c1-32-10-12-34(13-11-32)20-7-6-18-15-21(20)37-14-3-5-22(35)33(2)9-4-8-27-24-23-19(16-28-18)26(36)31-25(23)30-17-29-24;1-32-10-12-34(13-11-32)20-7-6-18-15-21(20)37-14-4-3-5-22(35)33(2)9-8-27-24-23-19(16-28-18)26(36)31-25(23)30-17-29-24;1-30-9-6-8-25-22-20-16(24(32)29-23(20)28-14-27-22)13-26-15-11-17(33-2)21(34-3)18(12-15)35-10-5-4-7-19(30)31;1-29-8-5-7-24-21-19-15(23(31)28-22(19)27-13-26-21)12-25-14-10-16(32-2)20(33-3)17(11-14)34-9-4-6-18(29)30/h2*6-7,15-17,36H,3-5,8-14H2,1-2H3,(H2,27,29,30,31);11-14,32H,4-10H2,1-3H3,(H2,25,27,28,29);10-13,31H,4-9H2,1-3H3,(H2,24,26,27,28). The van der Waals surface area contributed by atoms with Gasteiger partial charge in [0, 0.05) is 220 Å². The Hall–Kier alpha value is -15.8. The number of H-pyrrole nitrogens is 4. The highest BCUT2D eigenvalue weighted by molar-refractivity contribution is 6.09. The van der Waals surface area contributed by atoms with Gasteiger partial charge in [0.15, 0.2) is 46.5 Å². The minimum Gasteiger partial charge on any atom is -0.494 e. The van der Waals surface area contributed by atoms with E-state index in [1.54, 1.807) is 90.0 Å². The zero-order chi connectivity index (χ0) is 100. The third-order valence-corrected chi connectivity index (χ3v) is 25.2. The lowest BCUT2D eigenvalue weighted by Gasteiger charge is -2.35. The summed E-state index contributed by atoms with van der Waals surface area (Å²) in [6.07, 6.45) is 20.2. The third kappa shape index (κ3) is 25.7. The molecular formula is C99H126N28O16. The van der Waals surface area contributed by atoms with Crippen LogP contribution in [0.15, 0.2) is 106 Å². The number of fused-ring (bicyclic) bond motifs is 8. The van der Waals surface area contributed by atoms with Gasteiger partial charge in [-0.25, -0.2) is 39.9 Å². The van der Waals surface area contributed by atoms with Crippen LogP contribution in [0.4, 0.5) is 57.4 Å². The number of nitrogens with zero attached hydrogens (tertiary/aromatic N) is 20. The second-order valence-corrected chi connectivity index (χ2v) is 35.2. The average Bonchev–Trinajstić information content (AvgIpc) is 1.65. The number of aromatic nitrogens is 12. The Morgan fingerprint density at radius 2 is 0.601 bits per heavy atom. The summed E-state index contributed by atoms with van der Waals surface area (Å²) in [5.74, 6) is 6.73. The topological polar surface area (TPSA) is 513 Å². The SMILES string of the molecule is CN1CCN(c2ccc3cc2OCCCC(=O)N(C)CCCNc2ncnc4[nH]c(O)c(c24)C=N3)CC1.CN1CCN(c2ccc3cc2OCCCCC(=O)N(C)CCNc2ncnc4[nH]c(O)c(c24)C=N3)CC1.COc1cc2cc(c1OC)OCCCC(=O)N(C)CCCNc1ncnc3[nH]c(O)c(c13)C=N2.COc1cc2cc(c1OC)OCCCCC(=O)N(C)CCCNc1ncnc3[nH]c(O)c(c13)C=N2. The van der Waals surface area contributed by atoms with Crippen molar-refractivity contribution in [3.05, 3.63) is 108 Å². The lowest BCUT2D eigenvalue weighted by Crippen LogP contribution is -2.44. The van der Waals surface area contributed by atoms with Gasteiger partial charge in [-0.3, -0.25) is 39.1 Å². The number of carbonyl (C=O) groups is 4. The van der Waals surface area contributed by atoms with E-state index in [0.29, 0.717) is 277 Å². The molecule has 0 aliphatic carbocycles. The lowest BCUT2D eigenvalue weighted by atomic mass is 10.2. The molecule has 6 aliphatic heterocycles. The van der Waals surface area contributed by atoms with Crippen LogP contribution in [0.3, 0.4) is 0 Å². The van der Waals surface area contributed by atoms with Crippen LogP contribution in [-0.4, -0.2) is 360 Å². The summed E-state index contributed by atoms with van der Waals surface area (Å²) in [5.41, 5.74) is 8.46. The second-order valence-electron chi connectivity index (χ2n) is 35.2. The fourth-order valence-corrected chi connectivity index (χ4v) is 17.0. The summed E-state index contributed by atoms with van der Waals surface area (Å²) in [4.78, 5) is 131. The lowest BCUT2D eigenvalue weighted by molar-refractivity contribution is -0.130. The van der Waals surface area contributed by atoms with Crippen molar-refractivity contribution in [1.29, 1.82) is 0 Å². The monoisotopic (exact) mass is 1960 g/mol. The molecule has 758 valence electrons. The number of carbonyl (C=O) groups excluding carboxylic acids is 4. The summed E-state index contributed by atoms with van der Waals surface area (Å²) in [6, 6.07) is 18.8. The largest absolute Gasteiger partial charge is 0.494 e. The maximum Gasteiger partial charge on any atom is 0.222 e. The predicted octanol–water partition coefficient (Wildman–Crippen LogP) is 11.3. The molecule has 0 atom stereocenters. The van der Waals surface area contributed by atoms with E-state index < -0.39 is 0 Å². The molecule has 2 saturated heterocycles. The van der Waals surface area contributed by atoms with E-state index in [4.69, 9.17) is 37.9 Å². The molecule has 4 aromatic carbocycles. The third-order valence-electron chi connectivity index (χ3n) is 25.2. The molecule has 12 aromatic rings. The van der Waals surface area contributed by atoms with E-state index in [2.05, 4.69) is 141 Å². The zero-order valence-electron chi connectivity index (χ0n) is 82.4. The van der Waals surface area contributed by atoms with Crippen LogP contribution in [0, 0.1) is 0 Å². The Kier molecular flexibility index (Phi) is 34.8. The highest BCUT2D eigenvalue weighted by Crippen LogP contribution is 2.45. The van der Waals surface area contributed by atoms with Crippen molar-refractivity contribution in [2.45, 2.75) is 83.5 Å². The molecule has 6 aliphatic rings. The number of aliphatic imine (C=N–C) groups is 4. The van der Waals surface area contributed by atoms with Crippen LogP contribution in [0.5, 0.6) is 69.5 Å². The van der Waals surface area contributed by atoms with Crippen molar-refractivity contribution in [2.75, 3.05) is 233 Å². The minimum absolute atomic E-state index is 0.0208. The molecule has 4 amide bonds. The van der Waals surface area contributed by atoms with Gasteiger partial charge in [0.1, 0.15) is 82.7 Å². The number of likely N-dealkylation sites (N-methyl/N-ethyl adjacent to an activating group) is 3. The number of rotatable bonds is 6. The van der Waals surface area contributed by atoms with Gasteiger partial charge in [0.25, 0.3) is 0 Å². The van der Waals surface area contributed by atoms with Crippen molar-refractivity contribution in [1.82, 2.24) is 89.2 Å². The first kappa shape index (κ1) is 102. The van der Waals surface area contributed by atoms with Crippen LogP contribution < -0.4 is 69.0 Å². The Balaban J connectivity index is 0.000000144. The van der Waals surface area contributed by atoms with Crippen molar-refractivity contribution in [2.24, 2.45) is 20.0 Å². The Morgan fingerprint density at radius 3 is 0.930 bits per heavy atom. The number of methoxy groups -OCH3 is 4. The molecule has 8 aromatic heterocycles. The molecular weight excluding hydrogens is 1840 g/mol. The van der Waals surface area contributed by atoms with Gasteiger partial charge in [-0.2, -0.15) is 0 Å². The normalized spacial score (nSPS) is 16.9. The van der Waals surface area contributed by atoms with Gasteiger partial charge in [-0.1, -0.05) is 0 Å². The highest BCUT2D eigenvalue weighted by atomic mass is 16.5. The molecule has 14 heterocycles. The van der Waals surface area contributed by atoms with Crippen molar-refractivity contribution in [3.8, 4) is 69.5 Å². The van der Waals surface area contributed by atoms with Crippen LogP contribution in [0.2, 0.25) is 0 Å². The molecule has 44 heteroatoms. The smallest absolute Gasteiger partial charge is 0.222 e. The number of aromatic amines is 4. The van der Waals surface area contributed by atoms with E-state index >= 15 is 0 Å². The molecule has 12 N–H and O–H groups in total. The Labute approximate surface area is 826 Å². The first-order chi connectivity index (χ1) is 69.5. The number of amides is 4. The number of aromatic hydroxyl groups is 4. The van der Waals surface area contributed by atoms with Gasteiger partial charge in [-0.05, 0) is 96.1 Å². The van der Waals surface area contributed by atoms with E-state index in [0.717, 1.165) is 107 Å². The summed E-state index contributed by atoms with van der Waals surface area (Å²) in [7, 11) is 17.7. The predicted molar refractivity (Wildman–Crippen MR) is 549 cm³/mol. The number of ether oxygens (including phenoxy) is 8. The minimum atomic E-state index is -0.0704. The Bertz CT molecular complexity index is 6540. The maximum atomic E-state index is 12.6. The molecule has 0 radical (unpaired) electrons. The fourth-order valence-electron chi connectivity index (χ4n) is 17.0. The quantitative estimate of drug-likeness (QED) is 0.0735. The van der Waals surface area contributed by atoms with Gasteiger partial charge < -0.3 is 139 Å². The van der Waals surface area contributed by atoms with E-state index in [9.17, 15) is 39.6 Å². The summed E-state index contributed by atoms with van der Waals surface area (Å²) < 4.78 is 46.3. The zero-order valence-corrected chi connectivity index (χ0v) is 82.4. The van der Waals surface area contributed by atoms with Crippen LogP contribution in [0.25, 0.3) is 44.1 Å². The van der Waals surface area contributed by atoms with Crippen LogP contribution >= 0.6 is 0 Å². The fraction of sp³-hybridized carbons (Fsp3) is 0.434. The molecule has 2 fully saturated rings. The van der Waals surface area contributed by atoms with E-state index in [-0.39, 0.29) is 47.1 Å². The molecule has 143 heavy (non-hydrogen) atoms. The average molecular weight is 1960 g/mol. The molecule has 44 nitrogen and oxygen atoms in total. The number of nitrogens with one attached hydrogen (secondary N) is 8. The van der Waals surface area contributed by atoms with Gasteiger partial charge in [0.2, 0.25) is 35.1 Å². The first-order valence-corrected chi connectivity index (χ1v) is 48.0. The second kappa shape index (κ2) is 48.9. The summed E-state index contributed by atoms with van der Waals surface area (Å²) in [6.45, 7) is 14.0. The number of benzene rings is 4. The van der Waals surface area contributed by atoms with E-state index in [1.807, 2.05) is 51.5 Å². The Morgan fingerprint density at radius 1 is 0.308 bits per heavy atom.